The van der Waals surface area contributed by atoms with Crippen LogP contribution in [0.1, 0.15) is 0 Å². The summed E-state index contributed by atoms with van der Waals surface area (Å²) in [5.41, 5.74) is 13.0. The van der Waals surface area contributed by atoms with E-state index in [0.717, 1.165) is 11.4 Å². The van der Waals surface area contributed by atoms with Gasteiger partial charge in [-0.25, -0.2) is 0 Å². The Balaban J connectivity index is 1.10. The summed E-state index contributed by atoms with van der Waals surface area (Å²) in [6.07, 6.45) is 0. The molecule has 0 spiro atoms. The van der Waals surface area contributed by atoms with Crippen molar-refractivity contribution in [3.63, 3.8) is 0 Å². The third kappa shape index (κ3) is 4.43. The Morgan fingerprint density at radius 3 is 1.26 bits per heavy atom. The Kier molecular flexibility index (Phi) is 6.60. The van der Waals surface area contributed by atoms with Gasteiger partial charge in [-0.05, 0) is 83.9 Å². The SMILES string of the molecule is c1ccc2c(c1)sc1c(-n3c4ccccc4c4cc(-c5cc(-n6c7ccccc7c7ccccc76)cc(-n6c7ccccc7c7ccccc76)c5)ccc43)cccc12. The summed E-state index contributed by atoms with van der Waals surface area (Å²) in [6, 6.07) is 73.8. The average molecular weight is 756 g/mol. The molecule has 4 aromatic heterocycles. The number of benzene rings is 9. The second kappa shape index (κ2) is 12.1. The van der Waals surface area contributed by atoms with Gasteiger partial charge in [-0.3, -0.25) is 0 Å². The lowest BCUT2D eigenvalue weighted by atomic mass is 10.0. The standard InChI is InChI=1S/C54H33N3S/c1-7-21-46-38(14-1)39-15-2-8-22-47(39)55(46)36-30-35(31-37(33-36)56-48-23-9-3-16-40(48)41-17-4-10-24-49(41)56)34-28-29-51-45(32-34)42-18-5-11-25-50(42)57(51)52-26-13-20-44-43-19-6-12-27-53(43)58-54(44)52/h1-33H. The third-order valence-corrected chi connectivity index (χ3v) is 13.4. The van der Waals surface area contributed by atoms with E-state index in [1.807, 2.05) is 11.3 Å². The fourth-order valence-electron chi connectivity index (χ4n) is 9.74. The predicted molar refractivity (Wildman–Crippen MR) is 248 cm³/mol. The number of rotatable bonds is 4. The highest BCUT2D eigenvalue weighted by Crippen LogP contribution is 2.43. The second-order valence-corrected chi connectivity index (χ2v) is 16.4. The molecule has 0 bridgehead atoms. The number of hydrogen-bond donors (Lipinski definition) is 0. The van der Waals surface area contributed by atoms with Crippen LogP contribution in [0.4, 0.5) is 0 Å². The summed E-state index contributed by atoms with van der Waals surface area (Å²) in [6.45, 7) is 0. The zero-order valence-corrected chi connectivity index (χ0v) is 32.1. The second-order valence-electron chi connectivity index (χ2n) is 15.3. The molecule has 0 aliphatic heterocycles. The fraction of sp³-hybridized carbons (Fsp3) is 0. The van der Waals surface area contributed by atoms with Crippen LogP contribution in [0.25, 0.3) is 114 Å². The van der Waals surface area contributed by atoms with E-state index in [4.69, 9.17) is 0 Å². The largest absolute Gasteiger partial charge is 0.309 e. The summed E-state index contributed by atoms with van der Waals surface area (Å²) in [7, 11) is 0. The lowest BCUT2D eigenvalue weighted by Gasteiger charge is -2.16. The van der Waals surface area contributed by atoms with Crippen LogP contribution >= 0.6 is 11.3 Å². The first-order valence-corrected chi connectivity index (χ1v) is 20.7. The smallest absolute Gasteiger partial charge is 0.0640 e. The van der Waals surface area contributed by atoms with Crippen molar-refractivity contribution in [2.75, 3.05) is 0 Å². The first-order valence-electron chi connectivity index (χ1n) is 19.8. The van der Waals surface area contributed by atoms with Crippen LogP contribution in [0.5, 0.6) is 0 Å². The molecule has 0 aliphatic carbocycles. The molecule has 270 valence electrons. The lowest BCUT2D eigenvalue weighted by Crippen LogP contribution is -2.00. The van der Waals surface area contributed by atoms with Gasteiger partial charge in [-0.15, -0.1) is 11.3 Å². The Labute approximate surface area is 337 Å². The molecule has 4 heteroatoms. The molecule has 0 saturated heterocycles. The van der Waals surface area contributed by atoms with Crippen molar-refractivity contribution in [3.8, 4) is 28.2 Å². The molecule has 13 rings (SSSR count). The Hall–Kier alpha value is -7.40. The number of hydrogen-bond acceptors (Lipinski definition) is 1. The highest BCUT2D eigenvalue weighted by Gasteiger charge is 2.20. The van der Waals surface area contributed by atoms with Crippen LogP contribution in [0.3, 0.4) is 0 Å². The van der Waals surface area contributed by atoms with Crippen LogP contribution in [-0.2, 0) is 0 Å². The van der Waals surface area contributed by atoms with Gasteiger partial charge in [-0.2, -0.15) is 0 Å². The van der Waals surface area contributed by atoms with Crippen LogP contribution < -0.4 is 0 Å². The molecule has 58 heavy (non-hydrogen) atoms. The van der Waals surface area contributed by atoms with Gasteiger partial charge in [0.1, 0.15) is 0 Å². The maximum atomic E-state index is 2.48. The number of nitrogens with zero attached hydrogens (tertiary/aromatic N) is 3. The van der Waals surface area contributed by atoms with Gasteiger partial charge in [0, 0.05) is 59.2 Å². The van der Waals surface area contributed by atoms with Crippen LogP contribution in [0.15, 0.2) is 200 Å². The monoisotopic (exact) mass is 755 g/mol. The van der Waals surface area contributed by atoms with Crippen LogP contribution in [-0.4, -0.2) is 13.7 Å². The Bertz CT molecular complexity index is 3580. The van der Waals surface area contributed by atoms with Crippen LogP contribution in [0.2, 0.25) is 0 Å². The quantitative estimate of drug-likeness (QED) is 0.170. The van der Waals surface area contributed by atoms with Gasteiger partial charge in [0.25, 0.3) is 0 Å². The van der Waals surface area contributed by atoms with E-state index in [2.05, 4.69) is 214 Å². The van der Waals surface area contributed by atoms with Crippen molar-refractivity contribution in [3.05, 3.63) is 200 Å². The molecular formula is C54H33N3S. The minimum Gasteiger partial charge on any atom is -0.309 e. The van der Waals surface area contributed by atoms with Crippen molar-refractivity contribution in [2.45, 2.75) is 0 Å². The topological polar surface area (TPSA) is 14.8 Å². The molecule has 3 nitrogen and oxygen atoms in total. The Morgan fingerprint density at radius 1 is 0.276 bits per heavy atom. The molecule has 0 amide bonds. The van der Waals surface area contributed by atoms with Crippen molar-refractivity contribution in [1.82, 2.24) is 13.7 Å². The molecule has 0 radical (unpaired) electrons. The maximum Gasteiger partial charge on any atom is 0.0640 e. The zero-order chi connectivity index (χ0) is 37.9. The van der Waals surface area contributed by atoms with Gasteiger partial charge in [0.2, 0.25) is 0 Å². The minimum atomic E-state index is 1.13. The molecule has 4 heterocycles. The summed E-state index contributed by atoms with van der Waals surface area (Å²) < 4.78 is 9.99. The maximum absolute atomic E-state index is 2.48. The fourth-order valence-corrected chi connectivity index (χ4v) is 10.9. The van der Waals surface area contributed by atoms with E-state index in [0.29, 0.717) is 0 Å². The lowest BCUT2D eigenvalue weighted by molar-refractivity contribution is 1.13. The molecule has 0 N–H and O–H groups in total. The third-order valence-electron chi connectivity index (χ3n) is 12.2. The molecule has 13 aromatic rings. The highest BCUT2D eigenvalue weighted by atomic mass is 32.1. The molecule has 0 fully saturated rings. The first-order chi connectivity index (χ1) is 28.8. The molecule has 0 unspecified atom stereocenters. The molecule has 9 aromatic carbocycles. The number of fused-ring (bicyclic) bond motifs is 12. The van der Waals surface area contributed by atoms with E-state index < -0.39 is 0 Å². The van der Waals surface area contributed by atoms with E-state index in [9.17, 15) is 0 Å². The van der Waals surface area contributed by atoms with E-state index in [-0.39, 0.29) is 0 Å². The van der Waals surface area contributed by atoms with Gasteiger partial charge in [0.05, 0.1) is 43.5 Å². The van der Waals surface area contributed by atoms with Crippen molar-refractivity contribution in [2.24, 2.45) is 0 Å². The summed E-state index contributed by atoms with van der Waals surface area (Å²) in [5.74, 6) is 0. The van der Waals surface area contributed by atoms with Gasteiger partial charge in [0.15, 0.2) is 0 Å². The molecule has 0 aliphatic rings. The summed E-state index contributed by atoms with van der Waals surface area (Å²) in [5, 5.41) is 10.1. The van der Waals surface area contributed by atoms with Crippen molar-refractivity contribution in [1.29, 1.82) is 0 Å². The van der Waals surface area contributed by atoms with Crippen molar-refractivity contribution >= 4 is 96.9 Å². The van der Waals surface area contributed by atoms with E-state index in [1.54, 1.807) is 0 Å². The summed E-state index contributed by atoms with van der Waals surface area (Å²) in [4.78, 5) is 0. The van der Waals surface area contributed by atoms with Crippen molar-refractivity contribution < 1.29 is 0 Å². The molecule has 0 saturated carbocycles. The number of para-hydroxylation sites is 5. The normalized spacial score (nSPS) is 12.1. The number of thiophene rings is 1. The predicted octanol–water partition coefficient (Wildman–Crippen LogP) is 15.0. The molecule has 0 atom stereocenters. The van der Waals surface area contributed by atoms with E-state index >= 15 is 0 Å². The molecular weight excluding hydrogens is 723 g/mol. The zero-order valence-electron chi connectivity index (χ0n) is 31.3. The minimum absolute atomic E-state index is 1.13. The van der Waals surface area contributed by atoms with Gasteiger partial charge in [-0.1, -0.05) is 127 Å². The number of aromatic nitrogens is 3. The van der Waals surface area contributed by atoms with Gasteiger partial charge >= 0.3 is 0 Å². The van der Waals surface area contributed by atoms with Gasteiger partial charge < -0.3 is 13.7 Å². The average Bonchev–Trinajstić information content (AvgIpc) is 4.03. The first kappa shape index (κ1) is 31.8. The summed E-state index contributed by atoms with van der Waals surface area (Å²) >= 11 is 1.88. The van der Waals surface area contributed by atoms with Crippen LogP contribution in [0, 0.1) is 0 Å². The van der Waals surface area contributed by atoms with E-state index in [1.165, 1.54) is 102 Å². The Morgan fingerprint density at radius 2 is 0.707 bits per heavy atom. The highest BCUT2D eigenvalue weighted by molar-refractivity contribution is 7.26.